The summed E-state index contributed by atoms with van der Waals surface area (Å²) in [7, 11) is -3.84. The molecule has 4 aliphatic carbocycles. The number of anilines is 1. The van der Waals surface area contributed by atoms with E-state index in [0.29, 0.717) is 17.3 Å². The first-order valence-corrected chi connectivity index (χ1v) is 19.7. The molecule has 3 aromatic carbocycles. The van der Waals surface area contributed by atoms with Gasteiger partial charge in [0.1, 0.15) is 12.6 Å². The van der Waals surface area contributed by atoms with Crippen molar-refractivity contribution in [3.63, 3.8) is 0 Å². The average molecular weight is 690 g/mol. The number of benzene rings is 3. The number of carbonyl (C=O) groups is 2. The molecule has 4 saturated carbocycles. The van der Waals surface area contributed by atoms with Crippen LogP contribution in [0.5, 0.6) is 0 Å². The summed E-state index contributed by atoms with van der Waals surface area (Å²) in [5, 5.41) is 3.59. The van der Waals surface area contributed by atoms with Crippen LogP contribution in [0.15, 0.2) is 78.9 Å². The Morgan fingerprint density at radius 1 is 0.875 bits per heavy atom. The Hall–Kier alpha value is -3.36. The van der Waals surface area contributed by atoms with Crippen molar-refractivity contribution in [2.75, 3.05) is 23.7 Å². The fraction of sp³-hybridized carbons (Fsp3) is 0.487. The molecule has 0 aromatic heterocycles. The summed E-state index contributed by atoms with van der Waals surface area (Å²) in [4.78, 5) is 29.8. The maximum absolute atomic E-state index is 14.4. The number of unbranched alkanes of at least 4 members (excludes halogenated alkanes) is 1. The smallest absolute Gasteiger partial charge is 0.244 e. The fourth-order valence-corrected chi connectivity index (χ4v) is 9.88. The Morgan fingerprint density at radius 3 is 2.04 bits per heavy atom. The summed E-state index contributed by atoms with van der Waals surface area (Å²) in [5.41, 5.74) is 3.63. The zero-order valence-electron chi connectivity index (χ0n) is 28.1. The second-order valence-corrected chi connectivity index (χ2v) is 16.9. The predicted molar refractivity (Wildman–Crippen MR) is 192 cm³/mol. The number of amides is 2. The molecule has 1 atom stereocenters. The molecule has 2 amide bonds. The fourth-order valence-electron chi connectivity index (χ4n) is 8.91. The molecule has 4 fully saturated rings. The Bertz CT molecular complexity index is 1640. The molecule has 0 spiro atoms. The number of nitrogens with one attached hydrogen (secondary N) is 1. The Labute approximate surface area is 291 Å². The van der Waals surface area contributed by atoms with Crippen LogP contribution in [0.25, 0.3) is 0 Å². The van der Waals surface area contributed by atoms with Crippen LogP contribution in [0, 0.1) is 17.8 Å². The van der Waals surface area contributed by atoms with Crippen molar-refractivity contribution >= 4 is 39.1 Å². The van der Waals surface area contributed by atoms with E-state index in [2.05, 4.69) is 24.4 Å². The molecule has 0 heterocycles. The van der Waals surface area contributed by atoms with E-state index in [4.69, 9.17) is 11.6 Å². The number of rotatable bonds is 14. The molecule has 4 aliphatic rings. The molecule has 0 unspecified atom stereocenters. The van der Waals surface area contributed by atoms with Crippen LogP contribution in [0.2, 0.25) is 5.02 Å². The summed E-state index contributed by atoms with van der Waals surface area (Å²) in [6.07, 6.45) is 10.9. The first-order valence-electron chi connectivity index (χ1n) is 17.5. The van der Waals surface area contributed by atoms with Gasteiger partial charge in [0.05, 0.1) is 11.9 Å². The minimum atomic E-state index is -3.84. The number of halogens is 1. The molecule has 9 heteroatoms. The number of carbonyl (C=O) groups excluding carboxylic acids is 2. The lowest BCUT2D eigenvalue weighted by molar-refractivity contribution is -0.140. The van der Waals surface area contributed by atoms with Gasteiger partial charge in [-0.15, -0.1) is 0 Å². The molecule has 48 heavy (non-hydrogen) atoms. The molecule has 0 aliphatic heterocycles. The lowest BCUT2D eigenvalue weighted by Gasteiger charge is -2.57. The van der Waals surface area contributed by atoms with Crippen molar-refractivity contribution in [1.82, 2.24) is 10.2 Å². The summed E-state index contributed by atoms with van der Waals surface area (Å²) >= 11 is 6.17. The van der Waals surface area contributed by atoms with E-state index < -0.39 is 28.5 Å². The largest absolute Gasteiger partial charge is 0.354 e. The minimum Gasteiger partial charge on any atom is -0.354 e. The van der Waals surface area contributed by atoms with Gasteiger partial charge in [-0.1, -0.05) is 79.5 Å². The molecule has 4 bridgehead atoms. The molecule has 256 valence electrons. The van der Waals surface area contributed by atoms with Gasteiger partial charge >= 0.3 is 0 Å². The standard InChI is InChI=1S/C39H48ClN3O4S/c1-3-4-18-41-38(45)36(22-28-8-6-5-7-9-28)42(26-29-10-14-34(40)15-11-29)37(44)27-43(48(2,46)47)35-16-12-33(13-17-35)39-23-30-19-31(24-39)21-32(20-30)25-39/h5-17,30-32,36H,3-4,18-27H2,1-2H3,(H,41,45)/t30?,31?,32?,36-,39?/m0/s1. The third kappa shape index (κ3) is 7.92. The highest BCUT2D eigenvalue weighted by Gasteiger charge is 2.51. The Kier molecular flexibility index (Phi) is 10.5. The van der Waals surface area contributed by atoms with E-state index in [1.807, 2.05) is 54.6 Å². The Balaban J connectivity index is 1.29. The van der Waals surface area contributed by atoms with Crippen LogP contribution in [0.3, 0.4) is 0 Å². The van der Waals surface area contributed by atoms with E-state index in [0.717, 1.165) is 48.0 Å². The van der Waals surface area contributed by atoms with Gasteiger partial charge in [-0.2, -0.15) is 0 Å². The highest BCUT2D eigenvalue weighted by Crippen LogP contribution is 2.60. The van der Waals surface area contributed by atoms with Gasteiger partial charge < -0.3 is 10.2 Å². The molecule has 1 N–H and O–H groups in total. The third-order valence-corrected chi connectivity index (χ3v) is 12.2. The lowest BCUT2D eigenvalue weighted by Crippen LogP contribution is -2.53. The van der Waals surface area contributed by atoms with Crippen molar-refractivity contribution in [3.05, 3.63) is 101 Å². The minimum absolute atomic E-state index is 0.122. The SMILES string of the molecule is CCCCNC(=O)[C@H](Cc1ccccc1)N(Cc1ccc(Cl)cc1)C(=O)CN(c1ccc(C23CC4CC(CC(C4)C2)C3)cc1)S(C)(=O)=O. The van der Waals surface area contributed by atoms with Gasteiger partial charge in [-0.3, -0.25) is 13.9 Å². The highest BCUT2D eigenvalue weighted by atomic mass is 35.5. The number of hydrogen-bond acceptors (Lipinski definition) is 4. The monoisotopic (exact) mass is 689 g/mol. The van der Waals surface area contributed by atoms with E-state index in [-0.39, 0.29) is 24.3 Å². The van der Waals surface area contributed by atoms with Crippen LogP contribution in [0.4, 0.5) is 5.69 Å². The van der Waals surface area contributed by atoms with Crippen molar-refractivity contribution in [2.24, 2.45) is 17.8 Å². The number of nitrogens with zero attached hydrogens (tertiary/aromatic N) is 2. The van der Waals surface area contributed by atoms with E-state index >= 15 is 0 Å². The predicted octanol–water partition coefficient (Wildman–Crippen LogP) is 7.13. The molecule has 7 nitrogen and oxygen atoms in total. The first kappa shape index (κ1) is 34.5. The third-order valence-electron chi connectivity index (χ3n) is 10.9. The maximum Gasteiger partial charge on any atom is 0.244 e. The van der Waals surface area contributed by atoms with Crippen LogP contribution in [0.1, 0.15) is 75.0 Å². The quantitative estimate of drug-likeness (QED) is 0.183. The van der Waals surface area contributed by atoms with Crippen molar-refractivity contribution in [2.45, 2.75) is 82.7 Å². The van der Waals surface area contributed by atoms with E-state index in [1.54, 1.807) is 12.1 Å². The van der Waals surface area contributed by atoms with Gasteiger partial charge in [-0.05, 0) is 109 Å². The van der Waals surface area contributed by atoms with Crippen molar-refractivity contribution < 1.29 is 18.0 Å². The summed E-state index contributed by atoms with van der Waals surface area (Å²) in [6.45, 7) is 2.25. The normalized spacial score (nSPS) is 23.4. The molecule has 7 rings (SSSR count). The zero-order valence-corrected chi connectivity index (χ0v) is 29.7. The van der Waals surface area contributed by atoms with Gasteiger partial charge in [0, 0.05) is 24.5 Å². The summed E-state index contributed by atoms with van der Waals surface area (Å²) in [5.74, 6) is 1.69. The second kappa shape index (κ2) is 14.6. The highest BCUT2D eigenvalue weighted by molar-refractivity contribution is 7.92. The van der Waals surface area contributed by atoms with Crippen LogP contribution in [-0.2, 0) is 38.0 Å². The van der Waals surface area contributed by atoms with E-state index in [1.165, 1.54) is 53.3 Å². The molecule has 3 aromatic rings. The first-order chi connectivity index (χ1) is 23.0. The average Bonchev–Trinajstić information content (AvgIpc) is 3.05. The van der Waals surface area contributed by atoms with Crippen LogP contribution >= 0.6 is 11.6 Å². The molecular weight excluding hydrogens is 642 g/mol. The van der Waals surface area contributed by atoms with Crippen molar-refractivity contribution in [1.29, 1.82) is 0 Å². The van der Waals surface area contributed by atoms with Gasteiger partial charge in [0.15, 0.2) is 0 Å². The summed E-state index contributed by atoms with van der Waals surface area (Å²) < 4.78 is 27.8. The topological polar surface area (TPSA) is 86.8 Å². The second-order valence-electron chi connectivity index (χ2n) is 14.5. The summed E-state index contributed by atoms with van der Waals surface area (Å²) in [6, 6.07) is 23.8. The molecule has 0 saturated heterocycles. The Morgan fingerprint density at radius 2 is 1.48 bits per heavy atom. The lowest BCUT2D eigenvalue weighted by atomic mass is 9.48. The van der Waals surface area contributed by atoms with Gasteiger partial charge in [0.25, 0.3) is 0 Å². The maximum atomic E-state index is 14.4. The zero-order chi connectivity index (χ0) is 33.9. The number of hydrogen-bond donors (Lipinski definition) is 1. The van der Waals surface area contributed by atoms with Gasteiger partial charge in [-0.25, -0.2) is 8.42 Å². The van der Waals surface area contributed by atoms with Crippen molar-refractivity contribution in [3.8, 4) is 0 Å². The van der Waals surface area contributed by atoms with Gasteiger partial charge in [0.2, 0.25) is 21.8 Å². The van der Waals surface area contributed by atoms with E-state index in [9.17, 15) is 18.0 Å². The number of sulfonamides is 1. The van der Waals surface area contributed by atoms with Crippen LogP contribution in [-0.4, -0.2) is 50.5 Å². The molecule has 0 radical (unpaired) electrons. The molecular formula is C39H48ClN3O4S. The van der Waals surface area contributed by atoms with Crippen LogP contribution < -0.4 is 9.62 Å².